The summed E-state index contributed by atoms with van der Waals surface area (Å²) in [5.41, 5.74) is 1.03. The van der Waals surface area contributed by atoms with Crippen molar-refractivity contribution in [1.29, 1.82) is 0 Å². The maximum absolute atomic E-state index is 11.7. The molecule has 0 aromatic heterocycles. The Kier molecular flexibility index (Phi) is 12.9. The van der Waals surface area contributed by atoms with Gasteiger partial charge in [-0.3, -0.25) is 4.79 Å². The first-order valence-corrected chi connectivity index (χ1v) is 8.53. The van der Waals surface area contributed by atoms with E-state index in [0.717, 1.165) is 44.7 Å². The first-order chi connectivity index (χ1) is 11.4. The summed E-state index contributed by atoms with van der Waals surface area (Å²) < 4.78 is 5.13. The van der Waals surface area contributed by atoms with Crippen molar-refractivity contribution in [2.45, 2.75) is 25.8 Å². The number of carbonyl (C=O) groups excluding carboxylic acids is 1. The van der Waals surface area contributed by atoms with Gasteiger partial charge in [-0.25, -0.2) is 4.99 Å². The third-order valence-electron chi connectivity index (χ3n) is 3.97. The molecule has 1 fully saturated rings. The van der Waals surface area contributed by atoms with Crippen LogP contribution in [0, 0.1) is 0 Å². The third-order valence-corrected chi connectivity index (χ3v) is 3.97. The number of guanidine groups is 1. The van der Waals surface area contributed by atoms with Crippen LogP contribution in [0.3, 0.4) is 0 Å². The zero-order valence-corrected chi connectivity index (χ0v) is 18.3. The molecule has 0 atom stereocenters. The molecule has 0 aromatic rings. The van der Waals surface area contributed by atoms with Gasteiger partial charge in [0.15, 0.2) is 5.96 Å². The summed E-state index contributed by atoms with van der Waals surface area (Å²) in [7, 11) is 5.21. The van der Waals surface area contributed by atoms with Gasteiger partial charge in [-0.2, -0.15) is 0 Å². The smallest absolute Gasteiger partial charge is 0.243 e. The number of halogens is 1. The Morgan fingerprint density at radius 2 is 2.00 bits per heavy atom. The first kappa shape index (κ1) is 24.1. The Balaban J connectivity index is 0.00000576. The Labute approximate surface area is 169 Å². The van der Waals surface area contributed by atoms with Crippen LogP contribution >= 0.6 is 24.0 Å². The average Bonchev–Trinajstić information content (AvgIpc) is 2.56. The molecule has 25 heavy (non-hydrogen) atoms. The molecule has 1 amide bonds. The van der Waals surface area contributed by atoms with Gasteiger partial charge in [0.1, 0.15) is 6.54 Å². The fraction of sp³-hybridized carbons (Fsp3) is 0.765. The molecule has 2 N–H and O–H groups in total. The van der Waals surface area contributed by atoms with Crippen LogP contribution in [-0.4, -0.2) is 88.2 Å². The topological polar surface area (TPSA) is 69.2 Å². The number of ether oxygens (including phenoxy) is 1. The standard InChI is InChI=1S/C17H33N5O2.HI/c1-14(2)12-18-17(19-13-16(23)21(3)4)20-15-6-8-22(9-7-15)10-11-24-5;/h15H,1,6-13H2,2-5H3,(H2,18,19,20);1H. The molecule has 8 heteroatoms. The minimum Gasteiger partial charge on any atom is -0.383 e. The molecule has 1 rings (SSSR count). The van der Waals surface area contributed by atoms with E-state index in [1.165, 1.54) is 0 Å². The van der Waals surface area contributed by atoms with Crippen molar-refractivity contribution in [3.63, 3.8) is 0 Å². The summed E-state index contributed by atoms with van der Waals surface area (Å²) in [6.07, 6.45) is 2.11. The van der Waals surface area contributed by atoms with E-state index < -0.39 is 0 Å². The van der Waals surface area contributed by atoms with Crippen molar-refractivity contribution in [2.24, 2.45) is 4.99 Å². The maximum Gasteiger partial charge on any atom is 0.243 e. The molecule has 0 radical (unpaired) electrons. The monoisotopic (exact) mass is 467 g/mol. The summed E-state index contributed by atoms with van der Waals surface area (Å²) in [5, 5.41) is 6.69. The molecular formula is C17H34IN5O2. The van der Waals surface area contributed by atoms with Crippen LogP contribution in [0.4, 0.5) is 0 Å². The van der Waals surface area contributed by atoms with Crippen molar-refractivity contribution in [2.75, 3.05) is 60.5 Å². The predicted octanol–water partition coefficient (Wildman–Crippen LogP) is 0.915. The fourth-order valence-electron chi connectivity index (χ4n) is 2.39. The lowest BCUT2D eigenvalue weighted by Crippen LogP contribution is -2.49. The van der Waals surface area contributed by atoms with Gasteiger partial charge in [0, 0.05) is 53.4 Å². The Morgan fingerprint density at radius 1 is 1.36 bits per heavy atom. The minimum atomic E-state index is -0.0131. The summed E-state index contributed by atoms with van der Waals surface area (Å²) in [6.45, 7) is 10.5. The number of methoxy groups -OCH3 is 1. The highest BCUT2D eigenvalue weighted by molar-refractivity contribution is 14.0. The Hall–Kier alpha value is -0.870. The molecule has 0 aromatic carbocycles. The number of aliphatic imine (C=N–C) groups is 1. The highest BCUT2D eigenvalue weighted by Crippen LogP contribution is 2.09. The number of amides is 1. The normalized spacial score (nSPS) is 16.1. The van der Waals surface area contributed by atoms with Crippen LogP contribution in [0.15, 0.2) is 17.1 Å². The Morgan fingerprint density at radius 3 is 2.52 bits per heavy atom. The van der Waals surface area contributed by atoms with Gasteiger partial charge in [-0.1, -0.05) is 12.2 Å². The van der Waals surface area contributed by atoms with E-state index in [4.69, 9.17) is 4.74 Å². The van der Waals surface area contributed by atoms with Gasteiger partial charge in [0.25, 0.3) is 0 Å². The zero-order chi connectivity index (χ0) is 17.9. The largest absolute Gasteiger partial charge is 0.383 e. The van der Waals surface area contributed by atoms with Gasteiger partial charge in [0.2, 0.25) is 5.91 Å². The summed E-state index contributed by atoms with van der Waals surface area (Å²) >= 11 is 0. The molecule has 0 spiro atoms. The molecule has 7 nitrogen and oxygen atoms in total. The van der Waals surface area contributed by atoms with Gasteiger partial charge in [-0.05, 0) is 19.8 Å². The molecule has 1 aliphatic heterocycles. The van der Waals surface area contributed by atoms with Crippen molar-refractivity contribution in [1.82, 2.24) is 20.4 Å². The van der Waals surface area contributed by atoms with Crippen LogP contribution in [0.2, 0.25) is 0 Å². The van der Waals surface area contributed by atoms with Crippen LogP contribution in [0.1, 0.15) is 19.8 Å². The second kappa shape index (κ2) is 13.3. The summed E-state index contributed by atoms with van der Waals surface area (Å²) in [4.78, 5) is 20.1. The van der Waals surface area contributed by atoms with Gasteiger partial charge >= 0.3 is 0 Å². The number of likely N-dealkylation sites (N-methyl/N-ethyl adjacent to an activating group) is 1. The van der Waals surface area contributed by atoms with Crippen molar-refractivity contribution < 1.29 is 9.53 Å². The molecule has 0 saturated carbocycles. The molecule has 0 aliphatic carbocycles. The number of hydrogen-bond donors (Lipinski definition) is 2. The van der Waals surface area contributed by atoms with Crippen LogP contribution in [0.5, 0.6) is 0 Å². The first-order valence-electron chi connectivity index (χ1n) is 8.53. The lowest BCUT2D eigenvalue weighted by Gasteiger charge is -2.33. The lowest BCUT2D eigenvalue weighted by molar-refractivity contribution is -0.127. The van der Waals surface area contributed by atoms with E-state index >= 15 is 0 Å². The fourth-order valence-corrected chi connectivity index (χ4v) is 2.39. The third kappa shape index (κ3) is 10.7. The van der Waals surface area contributed by atoms with Crippen molar-refractivity contribution in [3.8, 4) is 0 Å². The van der Waals surface area contributed by atoms with Crippen molar-refractivity contribution >= 4 is 35.8 Å². The van der Waals surface area contributed by atoms with Gasteiger partial charge < -0.3 is 25.2 Å². The number of rotatable bonds is 8. The number of piperidine rings is 1. The molecule has 0 bridgehead atoms. The van der Waals surface area contributed by atoms with E-state index in [0.29, 0.717) is 18.5 Å². The second-order valence-electron chi connectivity index (χ2n) is 6.52. The highest BCUT2D eigenvalue weighted by atomic mass is 127. The molecule has 1 aliphatic rings. The number of carbonyl (C=O) groups is 1. The SMILES string of the molecule is C=C(C)CNC(=NCC(=O)N(C)C)NC1CCN(CCOC)CC1.I. The second-order valence-corrected chi connectivity index (χ2v) is 6.52. The number of hydrogen-bond acceptors (Lipinski definition) is 4. The lowest BCUT2D eigenvalue weighted by atomic mass is 10.1. The number of likely N-dealkylation sites (tertiary alicyclic amines) is 1. The van der Waals surface area contributed by atoms with E-state index in [2.05, 4.69) is 27.1 Å². The van der Waals surface area contributed by atoms with E-state index in [9.17, 15) is 4.79 Å². The predicted molar refractivity (Wildman–Crippen MR) is 114 cm³/mol. The molecule has 146 valence electrons. The number of nitrogens with one attached hydrogen (secondary N) is 2. The molecule has 1 heterocycles. The van der Waals surface area contributed by atoms with E-state index in [-0.39, 0.29) is 36.4 Å². The number of nitrogens with zero attached hydrogens (tertiary/aromatic N) is 3. The van der Waals surface area contributed by atoms with Crippen LogP contribution in [0.25, 0.3) is 0 Å². The molecular weight excluding hydrogens is 433 g/mol. The quantitative estimate of drug-likeness (QED) is 0.241. The van der Waals surface area contributed by atoms with E-state index in [1.807, 2.05) is 6.92 Å². The molecule has 1 saturated heterocycles. The van der Waals surface area contributed by atoms with Crippen LogP contribution < -0.4 is 10.6 Å². The van der Waals surface area contributed by atoms with Crippen molar-refractivity contribution in [3.05, 3.63) is 12.2 Å². The summed E-state index contributed by atoms with van der Waals surface area (Å²) in [5.74, 6) is 0.671. The van der Waals surface area contributed by atoms with Crippen LogP contribution in [-0.2, 0) is 9.53 Å². The maximum atomic E-state index is 11.7. The van der Waals surface area contributed by atoms with E-state index in [1.54, 1.807) is 26.1 Å². The van der Waals surface area contributed by atoms with Gasteiger partial charge in [-0.15, -0.1) is 24.0 Å². The summed E-state index contributed by atoms with van der Waals surface area (Å²) in [6, 6.07) is 0.370. The molecule has 0 unspecified atom stereocenters. The zero-order valence-electron chi connectivity index (χ0n) is 16.0. The Bertz CT molecular complexity index is 435. The minimum absolute atomic E-state index is 0. The highest BCUT2D eigenvalue weighted by Gasteiger charge is 2.19. The average molecular weight is 467 g/mol. The van der Waals surface area contributed by atoms with Gasteiger partial charge in [0.05, 0.1) is 6.61 Å².